The molecular formula is C78H89BBr2F2N22O5. The van der Waals surface area contributed by atoms with E-state index in [2.05, 4.69) is 131 Å². The third-order valence-corrected chi connectivity index (χ3v) is 23.2. The van der Waals surface area contributed by atoms with Crippen LogP contribution in [-0.2, 0) is 31.7 Å². The van der Waals surface area contributed by atoms with E-state index < -0.39 is 29.4 Å². The number of benzene rings is 3. The van der Waals surface area contributed by atoms with Crippen LogP contribution in [0.1, 0.15) is 126 Å². The summed E-state index contributed by atoms with van der Waals surface area (Å²) in [6, 6.07) is 27.5. The molecule has 3 aliphatic heterocycles. The van der Waals surface area contributed by atoms with E-state index in [1.165, 1.54) is 29.8 Å². The minimum Gasteiger partial charge on any atom is -0.399 e. The molecule has 0 spiro atoms. The van der Waals surface area contributed by atoms with E-state index in [0.29, 0.717) is 24.5 Å². The average Bonchev–Trinajstić information content (AvgIpc) is 1.60. The van der Waals surface area contributed by atoms with E-state index in [-0.39, 0.29) is 42.0 Å². The van der Waals surface area contributed by atoms with Gasteiger partial charge in [-0.1, -0.05) is 54.6 Å². The van der Waals surface area contributed by atoms with Crippen LogP contribution in [0.15, 0.2) is 187 Å². The first-order valence-corrected chi connectivity index (χ1v) is 38.7. The molecule has 0 amide bonds. The van der Waals surface area contributed by atoms with Crippen LogP contribution in [0.4, 0.5) is 32.3 Å². The van der Waals surface area contributed by atoms with Crippen LogP contribution < -0.4 is 36.5 Å². The van der Waals surface area contributed by atoms with Gasteiger partial charge in [-0.15, -0.1) is 0 Å². The van der Waals surface area contributed by atoms with Crippen molar-refractivity contribution in [3.8, 4) is 11.1 Å². The molecule has 110 heavy (non-hydrogen) atoms. The molecule has 8 atom stereocenters. The number of rotatable bonds is 16. The molecule has 3 aliphatic carbocycles. The molecule has 0 unspecified atom stereocenters. The lowest BCUT2D eigenvalue weighted by Crippen LogP contribution is -2.47. The lowest BCUT2D eigenvalue weighted by molar-refractivity contribution is -0.0530. The van der Waals surface area contributed by atoms with Gasteiger partial charge >= 0.3 is 7.12 Å². The fourth-order valence-corrected chi connectivity index (χ4v) is 14.8. The molecule has 0 radical (unpaired) electrons. The SMILES string of the molecule is Brc1cnn([C@H]2CC[C@@H]2OCc2ccccc2)c1.CC1(C)OB(c2cc3c(N4CCN(c5ncc([C@@](C)(N)c6ccc(F)cc6)cn5)CC4)ncnn3c2)OC1(C)C.C[C@](N)(c1ccc(F)cc1)c1cnc(N2CCN(c3ncnn4cc(-c5cnn([C@H]6CC[C@@H]6O)c5)cc34)CC2)nc1.O[C@H]1CC[C@@H]1n1cc(Br)cn1. The third-order valence-electron chi connectivity index (χ3n) is 22.4. The number of nitrogens with two attached hydrogens (primary N) is 2. The number of aliphatic hydroxyl groups is 2. The summed E-state index contributed by atoms with van der Waals surface area (Å²) in [5, 5.41) is 41.1. The molecule has 3 saturated carbocycles. The number of fused-ring (bicyclic) bond motifs is 2. The molecule has 9 aromatic heterocycles. The van der Waals surface area contributed by atoms with Crippen LogP contribution in [0, 0.1) is 11.6 Å². The highest BCUT2D eigenvalue weighted by molar-refractivity contribution is 9.10. The van der Waals surface area contributed by atoms with Gasteiger partial charge in [-0.3, -0.25) is 14.0 Å². The predicted octanol–water partition coefficient (Wildman–Crippen LogP) is 10.2. The normalized spacial score (nSPS) is 21.8. The average molecular weight is 1620 g/mol. The zero-order valence-corrected chi connectivity index (χ0v) is 65.3. The van der Waals surface area contributed by atoms with Crippen LogP contribution in [-0.4, -0.2) is 178 Å². The first-order chi connectivity index (χ1) is 52.9. The summed E-state index contributed by atoms with van der Waals surface area (Å²) in [6.45, 7) is 18.6. The molecule has 12 heterocycles. The largest absolute Gasteiger partial charge is 0.496 e. The van der Waals surface area contributed by atoms with E-state index >= 15 is 0 Å². The van der Waals surface area contributed by atoms with Crippen molar-refractivity contribution >= 4 is 79.0 Å². The maximum Gasteiger partial charge on any atom is 0.496 e. The molecule has 572 valence electrons. The first kappa shape index (κ1) is 75.9. The van der Waals surface area contributed by atoms with Gasteiger partial charge < -0.3 is 55.3 Å². The second kappa shape index (κ2) is 31.7. The van der Waals surface area contributed by atoms with Gasteiger partial charge in [0.05, 0.1) is 92.9 Å². The third kappa shape index (κ3) is 16.2. The maximum absolute atomic E-state index is 13.4. The number of nitrogens with zero attached hydrogens (tertiary/aromatic N) is 20. The highest BCUT2D eigenvalue weighted by Crippen LogP contribution is 2.40. The number of piperazine rings is 2. The zero-order valence-electron chi connectivity index (χ0n) is 62.1. The Bertz CT molecular complexity index is 5080. The van der Waals surface area contributed by atoms with E-state index in [0.717, 1.165) is 161 Å². The minimum absolute atomic E-state index is 0.0576. The monoisotopic (exact) mass is 1620 g/mol. The highest BCUT2D eigenvalue weighted by atomic mass is 79.9. The highest BCUT2D eigenvalue weighted by Gasteiger charge is 2.52. The molecular weight excluding hydrogens is 1530 g/mol. The second-order valence-electron chi connectivity index (χ2n) is 30.2. The van der Waals surface area contributed by atoms with Gasteiger partial charge in [0.25, 0.3) is 0 Å². The lowest BCUT2D eigenvalue weighted by atomic mass is 9.81. The Labute approximate surface area is 653 Å². The Hall–Kier alpha value is -9.51. The van der Waals surface area contributed by atoms with Gasteiger partial charge in [0.2, 0.25) is 11.9 Å². The van der Waals surface area contributed by atoms with Gasteiger partial charge in [0.15, 0.2) is 11.6 Å². The topological polar surface area (TPSA) is 299 Å². The van der Waals surface area contributed by atoms with E-state index in [1.807, 2.05) is 126 Å². The van der Waals surface area contributed by atoms with Crippen molar-refractivity contribution < 1.29 is 33.0 Å². The summed E-state index contributed by atoms with van der Waals surface area (Å²) in [7, 11) is -0.463. The van der Waals surface area contributed by atoms with Gasteiger partial charge in [-0.05, 0) is 165 Å². The molecule has 3 aromatic carbocycles. The Morgan fingerprint density at radius 2 is 0.927 bits per heavy atom. The number of hydrogen-bond acceptors (Lipinski definition) is 22. The number of halogens is 4. The van der Waals surface area contributed by atoms with Crippen LogP contribution >= 0.6 is 31.9 Å². The van der Waals surface area contributed by atoms with E-state index in [4.69, 9.17) is 25.5 Å². The van der Waals surface area contributed by atoms with Gasteiger partial charge in [-0.2, -0.15) is 25.5 Å². The summed E-state index contributed by atoms with van der Waals surface area (Å²) in [6.07, 6.45) is 31.2. The molecule has 3 saturated heterocycles. The summed E-state index contributed by atoms with van der Waals surface area (Å²) >= 11 is 6.73. The smallest absolute Gasteiger partial charge is 0.399 e. The Balaban J connectivity index is 0.000000129. The first-order valence-electron chi connectivity index (χ1n) is 37.1. The Morgan fingerprint density at radius 3 is 1.36 bits per heavy atom. The van der Waals surface area contributed by atoms with Crippen LogP contribution in [0.2, 0.25) is 0 Å². The van der Waals surface area contributed by atoms with Crippen molar-refractivity contribution in [2.45, 2.75) is 145 Å². The molecule has 27 nitrogen and oxygen atoms in total. The number of ether oxygens (including phenoxy) is 1. The van der Waals surface area contributed by atoms with Gasteiger partial charge in [0, 0.05) is 136 Å². The van der Waals surface area contributed by atoms with Crippen molar-refractivity contribution in [3.05, 3.63) is 226 Å². The van der Waals surface area contributed by atoms with Crippen LogP contribution in [0.3, 0.4) is 0 Å². The van der Waals surface area contributed by atoms with E-state index in [1.54, 1.807) is 67.9 Å². The number of aliphatic hydroxyl groups excluding tert-OH is 2. The fraction of sp³-hybridized carbons (Fsp3) is 0.397. The predicted molar refractivity (Wildman–Crippen MR) is 422 cm³/mol. The number of aromatic nitrogens is 16. The van der Waals surface area contributed by atoms with Crippen molar-refractivity contribution in [2.24, 2.45) is 11.5 Å². The number of anilines is 4. The number of hydrogen-bond donors (Lipinski definition) is 4. The molecule has 12 aromatic rings. The Morgan fingerprint density at radius 1 is 0.491 bits per heavy atom. The second-order valence-corrected chi connectivity index (χ2v) is 32.0. The summed E-state index contributed by atoms with van der Waals surface area (Å²) < 4.78 is 56.6. The van der Waals surface area contributed by atoms with Crippen LogP contribution in [0.5, 0.6) is 0 Å². The zero-order chi connectivity index (χ0) is 76.6. The van der Waals surface area contributed by atoms with Crippen molar-refractivity contribution in [3.63, 3.8) is 0 Å². The Kier molecular flexibility index (Phi) is 21.9. The molecule has 18 rings (SSSR count). The molecule has 32 heteroatoms. The van der Waals surface area contributed by atoms with Crippen molar-refractivity contribution in [1.29, 1.82) is 0 Å². The van der Waals surface area contributed by atoms with Crippen molar-refractivity contribution in [1.82, 2.24) is 78.5 Å². The molecule has 6 fully saturated rings. The maximum atomic E-state index is 13.4. The summed E-state index contributed by atoms with van der Waals surface area (Å²) in [4.78, 5) is 36.5. The standard InChI is InChI=1S/C29H31FN10O.C28H34BFN8O2.C14H15BrN2O.C7H9BrN2O/c1-29(31,21-2-4-23(30)5-3-21)22-14-32-28(33-15-22)38-10-8-37(9-11-38)27-25-12-19(16-40(25)36-18-34-27)20-13-35-39(17-20)24-6-7-26(24)41;1-26(2)27(3,4)40-29(39-26)21-14-23-24(34-18-35-38(23)17-21)36-10-12-37(13-11-36)25-32-15-20(16-33-25)28(5,31)19-6-8-22(30)9-7-19;15-12-8-16-17(9-12)13-6-7-14(13)18-10-11-4-2-1-3-5-11;8-5-3-9-10(4-5)6-1-2-7(6)11/h2-5,12-18,24,26,41H,6-11,31H2,1H3;6-9,14-18H,10-13,31H2,1-5H3;1-5,8-9,13-14H,6-7,10H2;3-4,6-7,11H,1-2H2/t24-,26-,29-;28-;13-,14-;6-,7-/m0000/s1. The molecule has 6 aliphatic rings. The van der Waals surface area contributed by atoms with Crippen LogP contribution in [0.25, 0.3) is 22.2 Å². The summed E-state index contributed by atoms with van der Waals surface area (Å²) in [5.74, 6) is 2.45. The quantitative estimate of drug-likeness (QED) is 0.0654. The lowest BCUT2D eigenvalue weighted by Gasteiger charge is -2.36. The molecule has 0 bridgehead atoms. The fourth-order valence-electron chi connectivity index (χ4n) is 14.2. The molecule has 6 N–H and O–H groups in total. The van der Waals surface area contributed by atoms with E-state index in [9.17, 15) is 19.0 Å². The van der Waals surface area contributed by atoms with Gasteiger partial charge in [-0.25, -0.2) is 47.7 Å². The summed E-state index contributed by atoms with van der Waals surface area (Å²) in [5.41, 5.74) is 19.7. The van der Waals surface area contributed by atoms with Gasteiger partial charge in [0.1, 0.15) is 35.3 Å². The van der Waals surface area contributed by atoms with Crippen molar-refractivity contribution in [2.75, 3.05) is 72.0 Å². The minimum atomic E-state index is -0.837.